The molecule has 1 aromatic rings. The van der Waals surface area contributed by atoms with Gasteiger partial charge in [-0.05, 0) is 74.1 Å². The summed E-state index contributed by atoms with van der Waals surface area (Å²) >= 11 is 2.25. The van der Waals surface area contributed by atoms with Crippen LogP contribution in [0, 0.1) is 0 Å². The number of hydrogen-bond acceptors (Lipinski definition) is 16. The van der Waals surface area contributed by atoms with E-state index in [1.807, 2.05) is 0 Å². The predicted octanol–water partition coefficient (Wildman–Crippen LogP) is -3.06. The van der Waals surface area contributed by atoms with E-state index in [2.05, 4.69) is 5.32 Å². The highest BCUT2D eigenvalue weighted by Crippen LogP contribution is 2.37. The average molecular weight is 716 g/mol. The van der Waals surface area contributed by atoms with Gasteiger partial charge in [0.05, 0.1) is 6.04 Å². The summed E-state index contributed by atoms with van der Waals surface area (Å²) in [6.45, 7) is 0.402. The van der Waals surface area contributed by atoms with Gasteiger partial charge in [0.25, 0.3) is 0 Å². The summed E-state index contributed by atoms with van der Waals surface area (Å²) in [5.74, 6) is -1.41. The minimum atomic E-state index is -1.46. The molecule has 10 atom stereocenters. The van der Waals surface area contributed by atoms with E-state index in [0.29, 0.717) is 17.6 Å². The summed E-state index contributed by atoms with van der Waals surface area (Å²) in [5, 5.41) is 26.8. The normalized spacial score (nSPS) is 35.0. The van der Waals surface area contributed by atoms with Crippen LogP contribution >= 0.6 is 36.1 Å². The lowest BCUT2D eigenvalue weighted by molar-refractivity contribution is -0.147. The number of aliphatic hydroxyl groups is 4. The van der Waals surface area contributed by atoms with Crippen LogP contribution in [-0.2, 0) is 32.2 Å². The predicted molar refractivity (Wildman–Crippen MR) is 179 cm³/mol. The van der Waals surface area contributed by atoms with Crippen molar-refractivity contribution >= 4 is 77.2 Å². The number of benzene rings is 1. The van der Waals surface area contributed by atoms with Gasteiger partial charge >= 0.3 is 0 Å². The minimum Gasteiger partial charge on any atom is -0.458 e. The third-order valence-corrected chi connectivity index (χ3v) is 8.55. The Morgan fingerprint density at radius 3 is 2.50 bits per heavy atom. The second kappa shape index (κ2) is 17.8. The van der Waals surface area contributed by atoms with Gasteiger partial charge in [0, 0.05) is 23.3 Å². The Morgan fingerprint density at radius 2 is 1.78 bits per heavy atom. The van der Waals surface area contributed by atoms with Crippen LogP contribution in [0.3, 0.4) is 0 Å². The van der Waals surface area contributed by atoms with Crippen LogP contribution in [0.5, 0.6) is 11.5 Å². The first-order valence-corrected chi connectivity index (χ1v) is 16.6. The Morgan fingerprint density at radius 1 is 1.07 bits per heavy atom. The van der Waals surface area contributed by atoms with E-state index < -0.39 is 103 Å². The molecule has 1 saturated carbocycles. The fourth-order valence-electron chi connectivity index (χ4n) is 5.00. The molecule has 3 aliphatic rings. The molecule has 3 fully saturated rings. The largest absolute Gasteiger partial charge is 0.458 e. The van der Waals surface area contributed by atoms with Gasteiger partial charge in [-0.25, -0.2) is 0 Å². The number of amides is 1. The zero-order valence-corrected chi connectivity index (χ0v) is 26.9. The number of carbonyl (C=O) groups excluding carboxylic acids is 2. The molecule has 1 aliphatic carbocycles. The first-order chi connectivity index (χ1) is 26.3. The summed E-state index contributed by atoms with van der Waals surface area (Å²) in [7, 11) is -3.70. The van der Waals surface area contributed by atoms with Crippen LogP contribution in [0.1, 0.15) is 12.5 Å². The van der Waals surface area contributed by atoms with E-state index >= 15 is 0 Å². The first kappa shape index (κ1) is 26.5. The van der Waals surface area contributed by atoms with E-state index in [1.54, 1.807) is 0 Å². The third-order valence-electron chi connectivity index (χ3n) is 7.13. The molecule has 0 aromatic heterocycles. The summed E-state index contributed by atoms with van der Waals surface area (Å²) in [4.78, 5) is 26.1. The molecule has 1 unspecified atom stereocenters. The second-order valence-corrected chi connectivity index (χ2v) is 12.3. The van der Waals surface area contributed by atoms with Crippen LogP contribution < -0.4 is 14.2 Å². The Kier molecular flexibility index (Phi) is 10.3. The summed E-state index contributed by atoms with van der Waals surface area (Å²) in [5.41, 5.74) is 0.326. The maximum atomic E-state index is 13.6. The quantitative estimate of drug-likeness (QED) is 0.0462. The van der Waals surface area contributed by atoms with Crippen molar-refractivity contribution in [1.29, 1.82) is 12.3 Å². The van der Waals surface area contributed by atoms with Gasteiger partial charge in [-0.3, -0.25) is 9.59 Å². The molecule has 5 N–H and O–H groups in total. The van der Waals surface area contributed by atoms with Crippen molar-refractivity contribution in [2.24, 2.45) is 0 Å². The number of ether oxygens (including phenoxy) is 4. The Hall–Kier alpha value is -1.42. The number of nitrogens with one attached hydrogen (secondary N) is 1. The standard InChI is InChI=1S/C26H38B3NO13S3/c1-11(25(36)30-16-17(33)18(34)22-24(38-10-37-22)21(16)42-45-8-28)4-12-2-3-14(15(5-12)41-44-7-27)39-26-19(35)23(43-46-9-29)20(40-26)13(32)6-31/h2-5,16-24,26,31,33-35H,6-10,27-29H2,1H3,(H,30,36)/b11-4+/t16?,17-,18+,19-,20+,21+,22+,23-,24-,26+/m0/s1/i27TD,28TD,29TD,33T,34T,35T. The number of aliphatic hydroxyl groups excluding tert-OH is 4. The second-order valence-electron chi connectivity index (χ2n) is 10.0. The van der Waals surface area contributed by atoms with Gasteiger partial charge < -0.3 is 57.2 Å². The molecule has 1 amide bonds. The van der Waals surface area contributed by atoms with Crippen molar-refractivity contribution in [3.63, 3.8) is 0 Å². The van der Waals surface area contributed by atoms with Crippen molar-refractivity contribution in [1.82, 2.24) is 5.32 Å². The molecule has 2 heterocycles. The lowest BCUT2D eigenvalue weighted by atomic mass is 9.83. The monoisotopic (exact) mass is 716 g/mol. The van der Waals surface area contributed by atoms with Crippen molar-refractivity contribution in [3.8, 4) is 11.5 Å². The molecular weight excluding hydrogens is 663 g/mol. The zero-order chi connectivity index (χ0) is 40.2. The Balaban J connectivity index is 1.57. The molecule has 14 nitrogen and oxygen atoms in total. The molecule has 0 bridgehead atoms. The van der Waals surface area contributed by atoms with Crippen LogP contribution in [-0.4, -0.2) is 159 Å². The first-order valence-electron chi connectivity index (χ1n) is 18.6. The maximum Gasteiger partial charge on any atom is 0.247 e. The Bertz CT molecular complexity index is 1450. The van der Waals surface area contributed by atoms with Crippen LogP contribution in [0.25, 0.3) is 6.08 Å². The van der Waals surface area contributed by atoms with E-state index in [0.717, 1.165) is 24.1 Å². The molecule has 0 spiro atoms. The number of ketones is 1. The van der Waals surface area contributed by atoms with Crippen molar-refractivity contribution in [2.45, 2.75) is 68.1 Å². The lowest BCUT2D eigenvalue weighted by Crippen LogP contribution is -2.67. The van der Waals surface area contributed by atoms with E-state index in [1.165, 1.54) is 31.2 Å². The van der Waals surface area contributed by atoms with E-state index in [9.17, 15) is 14.7 Å². The van der Waals surface area contributed by atoms with Gasteiger partial charge in [-0.15, -0.1) is 0 Å². The summed E-state index contributed by atoms with van der Waals surface area (Å²) in [6.07, 6.45) is -9.15. The third kappa shape index (κ3) is 8.78. The topological polar surface area (TPSA) is 192 Å². The highest BCUT2D eigenvalue weighted by atomic mass is 32.2. The summed E-state index contributed by atoms with van der Waals surface area (Å²) < 4.78 is 108. The highest BCUT2D eigenvalue weighted by Gasteiger charge is 2.55. The number of rotatable bonds is 22. The fraction of sp³-hybridized carbons (Fsp3) is 0.615. The van der Waals surface area contributed by atoms with Crippen LogP contribution in [0.15, 0.2) is 23.8 Å². The molecular formula is C26H38B3NO13S3. The van der Waals surface area contributed by atoms with E-state index in [-0.39, 0.29) is 40.8 Å². The molecule has 20 heteroatoms. The van der Waals surface area contributed by atoms with Gasteiger partial charge in [0.1, 0.15) is 79.4 Å². The van der Waals surface area contributed by atoms with Gasteiger partial charge in [-0.2, -0.15) is 0 Å². The molecule has 0 radical (unpaired) electrons. The molecule has 2 saturated heterocycles. The number of carbonyl (C=O) groups is 2. The molecule has 2 aliphatic heterocycles. The van der Waals surface area contributed by atoms with Crippen molar-refractivity contribution < 1.29 is 61.5 Å². The van der Waals surface area contributed by atoms with Crippen molar-refractivity contribution in [2.75, 3.05) is 30.4 Å². The number of fused-ring (bicyclic) bond motifs is 1. The summed E-state index contributed by atoms with van der Waals surface area (Å²) in [6, 6.07) is 3.31. The Labute approximate surface area is 295 Å². The molecule has 1 aromatic carbocycles. The zero-order valence-electron chi connectivity index (χ0n) is 33.4. The minimum absolute atomic E-state index is 0.00120. The lowest BCUT2D eigenvalue weighted by Gasteiger charge is -2.43. The molecule has 46 heavy (non-hydrogen) atoms. The van der Waals surface area contributed by atoms with Gasteiger partial charge in [-0.1, -0.05) is 6.07 Å². The van der Waals surface area contributed by atoms with Gasteiger partial charge in [0.15, 0.2) is 23.4 Å². The van der Waals surface area contributed by atoms with Crippen molar-refractivity contribution in [3.05, 3.63) is 29.3 Å². The fourth-order valence-corrected chi connectivity index (χ4v) is 6.24. The smallest absolute Gasteiger partial charge is 0.247 e. The SMILES string of the molecule is [2H]B([3H])CSOc1cc(/C=C(\C)C(=O)NC2[C@@H](OSCB([2H])[3H])[C@@H]3OCO[C@@H]3[C@H](O[3H])[C@H]2O[3H])ccc1O[C@@H]1O[C@H](C(=O)CO)[C@@H](OSCB([2H])[3H])[C@@H]1O[3H]. The maximum absolute atomic E-state index is 13.6. The van der Waals surface area contributed by atoms with E-state index in [4.69, 9.17) is 59.1 Å². The molecule has 252 valence electrons. The van der Waals surface area contributed by atoms with Crippen LogP contribution in [0.2, 0.25) is 0 Å². The average Bonchev–Trinajstić information content (AvgIpc) is 3.77. The van der Waals surface area contributed by atoms with Gasteiger partial charge in [0.2, 0.25) is 16.5 Å². The van der Waals surface area contributed by atoms with Crippen LogP contribution in [0.4, 0.5) is 0 Å². The number of hydrogen-bond donors (Lipinski definition) is 5. The number of Topliss-reactive ketones (excluding diaryl/α,β-unsaturated/α-hetero) is 1. The molecule has 4 rings (SSSR count). The highest BCUT2D eigenvalue weighted by molar-refractivity contribution is 7.96.